The lowest BCUT2D eigenvalue weighted by Gasteiger charge is -2.06. The van der Waals surface area contributed by atoms with Gasteiger partial charge in [-0.15, -0.1) is 0 Å². The van der Waals surface area contributed by atoms with Gasteiger partial charge in [0.1, 0.15) is 5.82 Å². The Morgan fingerprint density at radius 2 is 2.35 bits per heavy atom. The molecular weight excluding hydrogens is 239 g/mol. The zero-order chi connectivity index (χ0) is 12.7. The zero-order valence-electron chi connectivity index (χ0n) is 9.78. The van der Waals surface area contributed by atoms with Gasteiger partial charge in [-0.3, -0.25) is 4.79 Å². The van der Waals surface area contributed by atoms with E-state index in [2.05, 4.69) is 5.32 Å². The highest BCUT2D eigenvalue weighted by Crippen LogP contribution is 2.10. The molecule has 0 radical (unpaired) electrons. The quantitative estimate of drug-likeness (QED) is 0.767. The van der Waals surface area contributed by atoms with Crippen molar-refractivity contribution in [1.29, 1.82) is 0 Å². The topological polar surface area (TPSA) is 55.1 Å². The summed E-state index contributed by atoms with van der Waals surface area (Å²) in [6.07, 6.45) is 0.887. The number of hydrogen-bond acceptors (Lipinski definition) is 3. The lowest BCUT2D eigenvalue weighted by Crippen LogP contribution is -2.17. The highest BCUT2D eigenvalue weighted by molar-refractivity contribution is 7.99. The highest BCUT2D eigenvalue weighted by Gasteiger charge is 2.03. The number of nitrogens with two attached hydrogens (primary N) is 1. The van der Waals surface area contributed by atoms with Crippen LogP contribution in [0.3, 0.4) is 0 Å². The molecule has 94 valence electrons. The summed E-state index contributed by atoms with van der Waals surface area (Å²) in [6.45, 7) is 1.94. The number of amides is 1. The van der Waals surface area contributed by atoms with E-state index in [0.717, 1.165) is 12.2 Å². The summed E-state index contributed by atoms with van der Waals surface area (Å²) >= 11 is 1.53. The van der Waals surface area contributed by atoms with Gasteiger partial charge in [0.25, 0.3) is 0 Å². The number of carbonyl (C=O) groups excluding carboxylic acids is 1. The highest BCUT2D eigenvalue weighted by atomic mass is 32.2. The van der Waals surface area contributed by atoms with E-state index in [1.165, 1.54) is 23.9 Å². The lowest BCUT2D eigenvalue weighted by atomic mass is 10.3. The van der Waals surface area contributed by atoms with Crippen molar-refractivity contribution in [3.63, 3.8) is 0 Å². The second-order valence-electron chi connectivity index (χ2n) is 3.88. The van der Waals surface area contributed by atoms with Crippen molar-refractivity contribution in [3.8, 4) is 0 Å². The molecule has 3 N–H and O–H groups in total. The molecule has 1 rings (SSSR count). The summed E-state index contributed by atoms with van der Waals surface area (Å²) in [6, 6.07) is 6.02. The summed E-state index contributed by atoms with van der Waals surface area (Å²) in [5.41, 5.74) is 6.08. The number of hydrogen-bond donors (Lipinski definition) is 2. The molecule has 0 aliphatic rings. The van der Waals surface area contributed by atoms with Crippen LogP contribution in [0.2, 0.25) is 0 Å². The van der Waals surface area contributed by atoms with Crippen molar-refractivity contribution >= 4 is 23.4 Å². The summed E-state index contributed by atoms with van der Waals surface area (Å²) in [7, 11) is 0. The molecule has 0 aromatic heterocycles. The SMILES string of the molecule is CC(N)CCSCC(=O)Nc1cccc(F)c1. The summed E-state index contributed by atoms with van der Waals surface area (Å²) in [4.78, 5) is 11.5. The second-order valence-corrected chi connectivity index (χ2v) is 4.98. The van der Waals surface area contributed by atoms with Crippen molar-refractivity contribution in [2.75, 3.05) is 16.8 Å². The van der Waals surface area contributed by atoms with Crippen molar-refractivity contribution in [2.24, 2.45) is 5.73 Å². The maximum atomic E-state index is 12.8. The molecule has 5 heteroatoms. The van der Waals surface area contributed by atoms with E-state index in [1.807, 2.05) is 6.92 Å². The number of halogens is 1. The molecular formula is C12H17FN2OS. The van der Waals surface area contributed by atoms with E-state index in [9.17, 15) is 9.18 Å². The molecule has 3 nitrogen and oxygen atoms in total. The molecule has 0 heterocycles. The Morgan fingerprint density at radius 1 is 1.59 bits per heavy atom. The van der Waals surface area contributed by atoms with E-state index in [-0.39, 0.29) is 17.8 Å². The monoisotopic (exact) mass is 256 g/mol. The van der Waals surface area contributed by atoms with Crippen LogP contribution in [-0.2, 0) is 4.79 Å². The van der Waals surface area contributed by atoms with E-state index < -0.39 is 0 Å². The van der Waals surface area contributed by atoms with Crippen molar-refractivity contribution in [2.45, 2.75) is 19.4 Å². The third-order valence-corrected chi connectivity index (χ3v) is 3.05. The first-order valence-corrected chi connectivity index (χ1v) is 6.62. The first-order chi connectivity index (χ1) is 8.08. The van der Waals surface area contributed by atoms with Crippen LogP contribution in [0.25, 0.3) is 0 Å². The third-order valence-electron chi connectivity index (χ3n) is 2.06. The van der Waals surface area contributed by atoms with Crippen LogP contribution in [0.4, 0.5) is 10.1 Å². The maximum absolute atomic E-state index is 12.8. The molecule has 1 aromatic carbocycles. The number of rotatable bonds is 6. The van der Waals surface area contributed by atoms with Crippen LogP contribution < -0.4 is 11.1 Å². The molecule has 1 atom stereocenters. The van der Waals surface area contributed by atoms with Crippen LogP contribution in [0.1, 0.15) is 13.3 Å². The molecule has 1 unspecified atom stereocenters. The number of carbonyl (C=O) groups is 1. The minimum atomic E-state index is -0.354. The lowest BCUT2D eigenvalue weighted by molar-refractivity contribution is -0.113. The van der Waals surface area contributed by atoms with Crippen molar-refractivity contribution in [1.82, 2.24) is 0 Å². The molecule has 0 aliphatic heterocycles. The second kappa shape index (κ2) is 7.29. The van der Waals surface area contributed by atoms with Gasteiger partial charge in [0.05, 0.1) is 5.75 Å². The molecule has 1 aromatic rings. The minimum absolute atomic E-state index is 0.120. The minimum Gasteiger partial charge on any atom is -0.328 e. The number of nitrogens with one attached hydrogen (secondary N) is 1. The summed E-state index contributed by atoms with van der Waals surface area (Å²) < 4.78 is 12.8. The fourth-order valence-electron chi connectivity index (χ4n) is 1.20. The average Bonchev–Trinajstić information content (AvgIpc) is 2.24. The van der Waals surface area contributed by atoms with Crippen LogP contribution in [0.5, 0.6) is 0 Å². The molecule has 0 fully saturated rings. The van der Waals surface area contributed by atoms with Crippen LogP contribution >= 0.6 is 11.8 Å². The molecule has 0 aliphatic carbocycles. The first kappa shape index (κ1) is 14.0. The van der Waals surface area contributed by atoms with Crippen LogP contribution in [0.15, 0.2) is 24.3 Å². The Hall–Kier alpha value is -1.07. The third kappa shape index (κ3) is 6.28. The van der Waals surface area contributed by atoms with Gasteiger partial charge in [0.2, 0.25) is 5.91 Å². The Bertz CT molecular complexity index is 371. The predicted molar refractivity (Wildman–Crippen MR) is 70.6 cm³/mol. The van der Waals surface area contributed by atoms with Crippen LogP contribution in [-0.4, -0.2) is 23.5 Å². The van der Waals surface area contributed by atoms with Gasteiger partial charge in [0, 0.05) is 11.7 Å². The fraction of sp³-hybridized carbons (Fsp3) is 0.417. The predicted octanol–water partition coefficient (Wildman–Crippen LogP) is 2.23. The summed E-state index contributed by atoms with van der Waals surface area (Å²) in [5, 5.41) is 2.64. The number of thioether (sulfide) groups is 1. The Morgan fingerprint density at radius 3 is 3.00 bits per heavy atom. The molecule has 17 heavy (non-hydrogen) atoms. The molecule has 0 bridgehead atoms. The van der Waals surface area contributed by atoms with Gasteiger partial charge in [-0.2, -0.15) is 11.8 Å². The van der Waals surface area contributed by atoms with Gasteiger partial charge in [-0.05, 0) is 37.3 Å². The van der Waals surface area contributed by atoms with Gasteiger partial charge in [0.15, 0.2) is 0 Å². The smallest absolute Gasteiger partial charge is 0.234 e. The zero-order valence-corrected chi connectivity index (χ0v) is 10.6. The first-order valence-electron chi connectivity index (χ1n) is 5.46. The maximum Gasteiger partial charge on any atom is 0.234 e. The fourth-order valence-corrected chi connectivity index (χ4v) is 2.14. The van der Waals surface area contributed by atoms with E-state index in [4.69, 9.17) is 5.73 Å². The van der Waals surface area contributed by atoms with E-state index >= 15 is 0 Å². The standard InChI is InChI=1S/C12H17FN2OS/c1-9(14)5-6-17-8-12(16)15-11-4-2-3-10(13)7-11/h2-4,7,9H,5-6,8,14H2,1H3,(H,15,16). The Labute approximate surface area is 105 Å². The van der Waals surface area contributed by atoms with Gasteiger partial charge in [-0.25, -0.2) is 4.39 Å². The van der Waals surface area contributed by atoms with Crippen LogP contribution in [0, 0.1) is 5.82 Å². The normalized spacial score (nSPS) is 12.2. The molecule has 0 saturated carbocycles. The Balaban J connectivity index is 2.25. The van der Waals surface area contributed by atoms with E-state index in [1.54, 1.807) is 12.1 Å². The summed E-state index contributed by atoms with van der Waals surface area (Å²) in [5.74, 6) is 0.745. The van der Waals surface area contributed by atoms with Gasteiger partial charge in [-0.1, -0.05) is 6.07 Å². The molecule has 0 spiro atoms. The number of anilines is 1. The van der Waals surface area contributed by atoms with E-state index in [0.29, 0.717) is 11.4 Å². The number of benzene rings is 1. The van der Waals surface area contributed by atoms with Crippen molar-refractivity contribution < 1.29 is 9.18 Å². The van der Waals surface area contributed by atoms with Crippen molar-refractivity contribution in [3.05, 3.63) is 30.1 Å². The largest absolute Gasteiger partial charge is 0.328 e. The molecule has 0 saturated heterocycles. The van der Waals surface area contributed by atoms with Gasteiger partial charge >= 0.3 is 0 Å². The molecule has 1 amide bonds. The average molecular weight is 256 g/mol. The Kier molecular flexibility index (Phi) is 6.00. The van der Waals surface area contributed by atoms with Gasteiger partial charge < -0.3 is 11.1 Å².